The normalized spacial score (nSPS) is 13.5. The van der Waals surface area contributed by atoms with E-state index in [9.17, 15) is 4.79 Å². The first kappa shape index (κ1) is 21.8. The first-order valence-corrected chi connectivity index (χ1v) is 10.4. The maximum atomic E-state index is 12.7. The van der Waals surface area contributed by atoms with Crippen LogP contribution < -0.4 is 20.1 Å². The lowest BCUT2D eigenvalue weighted by molar-refractivity contribution is 0.209. The summed E-state index contributed by atoms with van der Waals surface area (Å²) in [5, 5.41) is 6.44. The van der Waals surface area contributed by atoms with Gasteiger partial charge in [0.05, 0.1) is 14.2 Å². The zero-order valence-corrected chi connectivity index (χ0v) is 18.1. The number of ether oxygens (including phenoxy) is 2. The standard InChI is InChI=1S/C23H32N4O3/c1-26(15-11-24-19-8-5-4-6-9-19)12-7-13-27-14-10-18-16-21(29-2)22(30-3)17-20(18)25-23(27)28/h4-6,8-9,16-17,24H,7,10-15H2,1-3H3,(H,25,28). The molecule has 0 aromatic heterocycles. The summed E-state index contributed by atoms with van der Waals surface area (Å²) in [6, 6.07) is 13.9. The zero-order valence-electron chi connectivity index (χ0n) is 18.1. The first-order chi connectivity index (χ1) is 14.6. The second kappa shape index (κ2) is 10.7. The third-order valence-electron chi connectivity index (χ3n) is 5.35. The topological polar surface area (TPSA) is 66.1 Å². The monoisotopic (exact) mass is 412 g/mol. The van der Waals surface area contributed by atoms with Gasteiger partial charge in [-0.2, -0.15) is 0 Å². The Labute approximate surface area is 179 Å². The molecule has 0 unspecified atom stereocenters. The Kier molecular flexibility index (Phi) is 7.79. The van der Waals surface area contributed by atoms with Crippen LogP contribution in [0.1, 0.15) is 12.0 Å². The van der Waals surface area contributed by atoms with Crippen molar-refractivity contribution in [3.63, 3.8) is 0 Å². The number of carbonyl (C=O) groups is 1. The summed E-state index contributed by atoms with van der Waals surface area (Å²) in [7, 11) is 5.34. The molecule has 2 N–H and O–H groups in total. The van der Waals surface area contributed by atoms with E-state index in [2.05, 4.69) is 34.7 Å². The van der Waals surface area contributed by atoms with Crippen molar-refractivity contribution in [2.24, 2.45) is 0 Å². The van der Waals surface area contributed by atoms with E-state index in [0.717, 1.165) is 56.0 Å². The average Bonchev–Trinajstić information content (AvgIpc) is 2.91. The molecule has 2 amide bonds. The number of nitrogens with zero attached hydrogens (tertiary/aromatic N) is 2. The highest BCUT2D eigenvalue weighted by Gasteiger charge is 2.22. The second-order valence-corrected chi connectivity index (χ2v) is 7.48. The molecule has 0 aliphatic carbocycles. The summed E-state index contributed by atoms with van der Waals surface area (Å²) >= 11 is 0. The number of carbonyl (C=O) groups excluding carboxylic acids is 1. The lowest BCUT2D eigenvalue weighted by Gasteiger charge is -2.22. The van der Waals surface area contributed by atoms with Crippen LogP contribution in [0.5, 0.6) is 11.5 Å². The molecule has 0 fully saturated rings. The fourth-order valence-electron chi connectivity index (χ4n) is 3.60. The van der Waals surface area contributed by atoms with Crippen molar-refractivity contribution in [2.75, 3.05) is 64.6 Å². The van der Waals surface area contributed by atoms with Gasteiger partial charge in [0.2, 0.25) is 0 Å². The van der Waals surface area contributed by atoms with E-state index in [1.165, 1.54) is 0 Å². The Bertz CT molecular complexity index is 829. The minimum absolute atomic E-state index is 0.0608. The molecule has 3 rings (SSSR count). The Hall–Kier alpha value is -2.93. The predicted octanol–water partition coefficient (Wildman–Crippen LogP) is 3.53. The van der Waals surface area contributed by atoms with Crippen LogP contribution in [-0.4, -0.2) is 69.8 Å². The maximum Gasteiger partial charge on any atom is 0.321 e. The Morgan fingerprint density at radius 1 is 1.10 bits per heavy atom. The van der Waals surface area contributed by atoms with Crippen molar-refractivity contribution in [1.82, 2.24) is 9.80 Å². The molecule has 2 aromatic carbocycles. The van der Waals surface area contributed by atoms with Gasteiger partial charge in [0.1, 0.15) is 0 Å². The fraction of sp³-hybridized carbons (Fsp3) is 0.435. The van der Waals surface area contributed by atoms with E-state index < -0.39 is 0 Å². The number of amides is 2. The third-order valence-corrected chi connectivity index (χ3v) is 5.35. The number of fused-ring (bicyclic) bond motifs is 1. The van der Waals surface area contributed by atoms with Crippen LogP contribution in [0.2, 0.25) is 0 Å². The number of hydrogen-bond acceptors (Lipinski definition) is 5. The number of benzene rings is 2. The molecule has 7 nitrogen and oxygen atoms in total. The van der Waals surface area contributed by atoms with Gasteiger partial charge in [0, 0.05) is 43.6 Å². The molecule has 2 aromatic rings. The average molecular weight is 413 g/mol. The van der Waals surface area contributed by atoms with E-state index in [4.69, 9.17) is 9.47 Å². The lowest BCUT2D eigenvalue weighted by Crippen LogP contribution is -2.37. The van der Waals surface area contributed by atoms with Crippen LogP contribution in [0, 0.1) is 0 Å². The van der Waals surface area contributed by atoms with Gasteiger partial charge in [0.15, 0.2) is 11.5 Å². The number of rotatable bonds is 10. The summed E-state index contributed by atoms with van der Waals surface area (Å²) in [4.78, 5) is 16.8. The molecule has 1 aliphatic heterocycles. The highest BCUT2D eigenvalue weighted by atomic mass is 16.5. The van der Waals surface area contributed by atoms with Gasteiger partial charge in [-0.3, -0.25) is 0 Å². The van der Waals surface area contributed by atoms with Gasteiger partial charge in [0.25, 0.3) is 0 Å². The number of para-hydroxylation sites is 1. The van der Waals surface area contributed by atoms with Crippen molar-refractivity contribution in [3.05, 3.63) is 48.0 Å². The van der Waals surface area contributed by atoms with Crippen LogP contribution in [-0.2, 0) is 6.42 Å². The summed E-state index contributed by atoms with van der Waals surface area (Å²) in [6.07, 6.45) is 1.71. The van der Waals surface area contributed by atoms with Crippen molar-refractivity contribution in [2.45, 2.75) is 12.8 Å². The minimum Gasteiger partial charge on any atom is -0.493 e. The molecular weight excluding hydrogens is 380 g/mol. The number of nitrogens with one attached hydrogen (secondary N) is 2. The van der Waals surface area contributed by atoms with Gasteiger partial charge >= 0.3 is 6.03 Å². The lowest BCUT2D eigenvalue weighted by atomic mass is 10.1. The van der Waals surface area contributed by atoms with Crippen LogP contribution in [0.4, 0.5) is 16.2 Å². The van der Waals surface area contributed by atoms with Gasteiger partial charge < -0.3 is 29.9 Å². The summed E-state index contributed by atoms with van der Waals surface area (Å²) in [6.45, 7) is 4.20. The molecule has 0 saturated heterocycles. The number of methoxy groups -OCH3 is 2. The summed E-state index contributed by atoms with van der Waals surface area (Å²) in [5.41, 5.74) is 3.00. The van der Waals surface area contributed by atoms with E-state index in [1.807, 2.05) is 35.2 Å². The summed E-state index contributed by atoms with van der Waals surface area (Å²) < 4.78 is 10.7. The van der Waals surface area contributed by atoms with Crippen LogP contribution >= 0.6 is 0 Å². The second-order valence-electron chi connectivity index (χ2n) is 7.48. The number of hydrogen-bond donors (Lipinski definition) is 2. The van der Waals surface area contributed by atoms with Crippen LogP contribution in [0.3, 0.4) is 0 Å². The molecular formula is C23H32N4O3. The molecule has 0 radical (unpaired) electrons. The quantitative estimate of drug-likeness (QED) is 0.625. The molecule has 162 valence electrons. The molecule has 0 atom stereocenters. The highest BCUT2D eigenvalue weighted by Crippen LogP contribution is 2.34. The van der Waals surface area contributed by atoms with E-state index in [-0.39, 0.29) is 6.03 Å². The molecule has 1 aliphatic rings. The Balaban J connectivity index is 1.44. The number of urea groups is 1. The zero-order chi connectivity index (χ0) is 21.3. The molecule has 0 saturated carbocycles. The maximum absolute atomic E-state index is 12.7. The van der Waals surface area contributed by atoms with Gasteiger partial charge in [-0.15, -0.1) is 0 Å². The van der Waals surface area contributed by atoms with E-state index in [0.29, 0.717) is 18.0 Å². The van der Waals surface area contributed by atoms with Crippen molar-refractivity contribution in [1.29, 1.82) is 0 Å². The Morgan fingerprint density at radius 2 is 1.83 bits per heavy atom. The predicted molar refractivity (Wildman–Crippen MR) is 121 cm³/mol. The van der Waals surface area contributed by atoms with Gasteiger partial charge in [-0.1, -0.05) is 18.2 Å². The largest absolute Gasteiger partial charge is 0.493 e. The van der Waals surface area contributed by atoms with Crippen molar-refractivity contribution in [3.8, 4) is 11.5 Å². The van der Waals surface area contributed by atoms with Gasteiger partial charge in [-0.05, 0) is 50.2 Å². The van der Waals surface area contributed by atoms with Crippen molar-refractivity contribution >= 4 is 17.4 Å². The molecule has 1 heterocycles. The van der Waals surface area contributed by atoms with Crippen molar-refractivity contribution < 1.29 is 14.3 Å². The molecule has 0 spiro atoms. The van der Waals surface area contributed by atoms with Gasteiger partial charge in [-0.25, -0.2) is 4.79 Å². The third kappa shape index (κ3) is 5.79. The molecule has 7 heteroatoms. The first-order valence-electron chi connectivity index (χ1n) is 10.4. The van der Waals surface area contributed by atoms with Crippen LogP contribution in [0.25, 0.3) is 0 Å². The number of anilines is 2. The fourth-order valence-corrected chi connectivity index (χ4v) is 3.60. The molecule has 30 heavy (non-hydrogen) atoms. The smallest absolute Gasteiger partial charge is 0.321 e. The van der Waals surface area contributed by atoms with Crippen LogP contribution in [0.15, 0.2) is 42.5 Å². The summed E-state index contributed by atoms with van der Waals surface area (Å²) in [5.74, 6) is 1.31. The SMILES string of the molecule is COc1cc2c(cc1OC)NC(=O)N(CCCN(C)CCNc1ccccc1)CC2. The molecule has 0 bridgehead atoms. The number of likely N-dealkylation sites (N-methyl/N-ethyl adjacent to an activating group) is 1. The van der Waals surface area contributed by atoms with E-state index >= 15 is 0 Å². The Morgan fingerprint density at radius 3 is 2.57 bits per heavy atom. The minimum atomic E-state index is -0.0608. The highest BCUT2D eigenvalue weighted by molar-refractivity contribution is 5.91. The van der Waals surface area contributed by atoms with E-state index in [1.54, 1.807) is 14.2 Å².